The Bertz CT molecular complexity index is 6.00. The van der Waals surface area contributed by atoms with E-state index < -0.39 is 0 Å². The molecule has 0 aliphatic carbocycles. The van der Waals surface area contributed by atoms with Crippen LogP contribution in [0, 0.1) is 0 Å². The molecule has 0 N–H and O–H groups in total. The van der Waals surface area contributed by atoms with Gasteiger partial charge < -0.3 is 0 Å². The fraction of sp³-hybridized carbons (Fsp3) is 0. The van der Waals surface area contributed by atoms with Gasteiger partial charge >= 0.3 is 29.2 Å². The summed E-state index contributed by atoms with van der Waals surface area (Å²) in [5, 5.41) is 0. The van der Waals surface area contributed by atoms with Crippen molar-refractivity contribution in [3.8, 4) is 0 Å². The first-order chi connectivity index (χ1) is 1.00. The van der Waals surface area contributed by atoms with Crippen LogP contribution >= 0.6 is 9.19 Å². The minimum absolute atomic E-state index is 0. The van der Waals surface area contributed by atoms with E-state index in [2.05, 4.69) is 29.2 Å². The maximum absolute atomic E-state index is 4.45. The summed E-state index contributed by atoms with van der Waals surface area (Å²) in [6.07, 6.45) is 0. The van der Waals surface area contributed by atoms with Gasteiger partial charge in [-0.1, -0.05) is 0 Å². The van der Waals surface area contributed by atoms with Crippen LogP contribution in [0.2, 0.25) is 0 Å². The molecule has 0 heterocycles. The van der Waals surface area contributed by atoms with E-state index in [0.29, 0.717) is 0 Å². The average Bonchev–Trinajstić information content (AvgIpc) is 1.00. The molecular formula is Ag2ClPb. The van der Waals surface area contributed by atoms with Crippen molar-refractivity contribution in [3.05, 3.63) is 0 Å². The molecule has 0 saturated carbocycles. The minimum atomic E-state index is 0. The summed E-state index contributed by atoms with van der Waals surface area (Å²) >= 11 is 2.42. The van der Waals surface area contributed by atoms with E-state index in [9.17, 15) is 0 Å². The zero-order valence-corrected chi connectivity index (χ0v) is 9.09. The van der Waals surface area contributed by atoms with Gasteiger partial charge in [-0.3, -0.25) is 0 Å². The number of hydrogen-bond acceptors (Lipinski definition) is 0. The van der Waals surface area contributed by atoms with Crippen LogP contribution in [-0.4, -0.2) is 27.3 Å². The summed E-state index contributed by atoms with van der Waals surface area (Å²) in [4.78, 5) is 0. The van der Waals surface area contributed by atoms with E-state index >= 15 is 0 Å². The molecule has 4 heavy (non-hydrogen) atoms. The Morgan fingerprint density at radius 2 is 1.25 bits per heavy atom. The molecule has 33 valence electrons. The predicted molar refractivity (Wildman–Crippen MR) is 11.6 cm³/mol. The van der Waals surface area contributed by atoms with Crippen molar-refractivity contribution >= 4 is 36.5 Å². The first-order valence-electron chi connectivity index (χ1n) is 0.114. The smallest absolute Gasteiger partial charge is 0 e. The second-order valence-corrected chi connectivity index (χ2v) is 0. The molecular weight excluding hydrogens is 458 g/mol. The van der Waals surface area contributed by atoms with Crippen molar-refractivity contribution in [2.75, 3.05) is 0 Å². The molecule has 0 aliphatic heterocycles. The van der Waals surface area contributed by atoms with Gasteiger partial charge in [0, 0.05) is 49.7 Å². The van der Waals surface area contributed by atoms with E-state index in [1.54, 1.807) is 0 Å². The molecule has 0 unspecified atom stereocenters. The van der Waals surface area contributed by atoms with Crippen LogP contribution in [-0.2, 0) is 42.4 Å². The Morgan fingerprint density at radius 1 is 1.25 bits per heavy atom. The molecule has 0 aromatic heterocycles. The molecule has 0 fully saturated rings. The fourth-order valence-electron chi connectivity index (χ4n) is 0. The Balaban J connectivity index is -0.00000000500. The maximum Gasteiger partial charge on any atom is 0 e. The van der Waals surface area contributed by atoms with Gasteiger partial charge in [0.2, 0.25) is 0 Å². The Kier molecular flexibility index (Phi) is 68.8. The topological polar surface area (TPSA) is 0 Å². The van der Waals surface area contributed by atoms with Gasteiger partial charge in [0.15, 0.2) is 0 Å². The summed E-state index contributed by atoms with van der Waals surface area (Å²) in [6.45, 7) is 0. The molecule has 0 atom stereocenters. The van der Waals surface area contributed by atoms with Crippen molar-refractivity contribution in [2.24, 2.45) is 0 Å². The maximum atomic E-state index is 4.45. The monoisotopic (exact) mass is 457 g/mol. The van der Waals surface area contributed by atoms with Gasteiger partial charge in [-0.25, -0.2) is 0 Å². The molecule has 0 saturated heterocycles. The molecule has 0 spiro atoms. The van der Waals surface area contributed by atoms with Gasteiger partial charge in [-0.15, -0.1) is 0 Å². The van der Waals surface area contributed by atoms with Crippen LogP contribution < -0.4 is 0 Å². The van der Waals surface area contributed by atoms with Crippen LogP contribution in [0.5, 0.6) is 0 Å². The average molecular weight is 458 g/mol. The summed E-state index contributed by atoms with van der Waals surface area (Å²) in [7, 11) is 4.45. The van der Waals surface area contributed by atoms with E-state index in [1.165, 1.54) is 0 Å². The summed E-state index contributed by atoms with van der Waals surface area (Å²) in [5.41, 5.74) is 0. The molecule has 0 nitrogen and oxygen atoms in total. The molecule has 0 aromatic carbocycles. The third-order valence-electron chi connectivity index (χ3n) is 0. The van der Waals surface area contributed by atoms with Crippen molar-refractivity contribution in [1.29, 1.82) is 0 Å². The van der Waals surface area contributed by atoms with Gasteiger partial charge in [0.05, 0.1) is 0 Å². The van der Waals surface area contributed by atoms with Crippen molar-refractivity contribution in [1.82, 2.24) is 0 Å². The number of rotatable bonds is 0. The van der Waals surface area contributed by atoms with Crippen LogP contribution in [0.4, 0.5) is 0 Å². The fourth-order valence-corrected chi connectivity index (χ4v) is 0. The van der Waals surface area contributed by atoms with Gasteiger partial charge in [0.1, 0.15) is 0 Å². The van der Waals surface area contributed by atoms with Gasteiger partial charge in [0.25, 0.3) is 0 Å². The van der Waals surface area contributed by atoms with Crippen LogP contribution in [0.1, 0.15) is 0 Å². The van der Waals surface area contributed by atoms with E-state index in [4.69, 9.17) is 0 Å². The molecule has 4 heteroatoms. The number of hydrogen-bond donors (Lipinski definition) is 0. The van der Waals surface area contributed by atoms with Crippen molar-refractivity contribution in [2.45, 2.75) is 0 Å². The van der Waals surface area contributed by atoms with E-state index in [1.807, 2.05) is 0 Å². The van der Waals surface area contributed by atoms with E-state index in [0.717, 1.165) is 0 Å². The third-order valence-corrected chi connectivity index (χ3v) is 0. The standard InChI is InChI=1S/2Ag.ClH.Pb/h;;1H;/q;+1;;/p-1. The van der Waals surface area contributed by atoms with Crippen LogP contribution in [0.25, 0.3) is 0 Å². The predicted octanol–water partition coefficient (Wildman–Crippen LogP) is 0.304. The van der Waals surface area contributed by atoms with Crippen molar-refractivity contribution in [3.63, 3.8) is 0 Å². The van der Waals surface area contributed by atoms with Gasteiger partial charge in [-0.05, 0) is 0 Å². The van der Waals surface area contributed by atoms with Gasteiger partial charge in [-0.2, -0.15) is 0 Å². The van der Waals surface area contributed by atoms with Crippen LogP contribution in [0.3, 0.4) is 0 Å². The normalized spacial score (nSPS) is 1.75. The SMILES string of the molecule is [Ag].[Cl][Ag].[Pb]. The Morgan fingerprint density at radius 3 is 1.25 bits per heavy atom. The first kappa shape index (κ1) is 15.9. The third kappa shape index (κ3) is 8.83. The molecule has 0 rings (SSSR count). The molecule has 0 aromatic rings. The first-order valence-corrected chi connectivity index (χ1v) is 2.02. The second-order valence-electron chi connectivity index (χ2n) is 0. The summed E-state index contributed by atoms with van der Waals surface area (Å²) < 4.78 is 0. The zero-order chi connectivity index (χ0) is 2.00. The molecule has 0 aliphatic rings. The Labute approximate surface area is 77.5 Å². The quantitative estimate of drug-likeness (QED) is 0.459. The molecule has 5 radical (unpaired) electrons. The zero-order valence-electron chi connectivity index (χ0n) is 1.48. The molecule has 0 bridgehead atoms. The minimum Gasteiger partial charge on any atom is 0 e. The Hall–Kier alpha value is 2.69. The summed E-state index contributed by atoms with van der Waals surface area (Å²) in [6, 6.07) is 0. The second kappa shape index (κ2) is 17.3. The van der Waals surface area contributed by atoms with Crippen LogP contribution in [0.15, 0.2) is 0 Å². The summed E-state index contributed by atoms with van der Waals surface area (Å²) in [5.74, 6) is 0. The van der Waals surface area contributed by atoms with Crippen molar-refractivity contribution < 1.29 is 42.4 Å². The largest absolute Gasteiger partial charge is 0 e. The number of halogens is 1. The van der Waals surface area contributed by atoms with E-state index in [-0.39, 0.29) is 49.7 Å². The molecule has 0 amide bonds.